The fourth-order valence-electron chi connectivity index (χ4n) is 8.91. The Bertz CT molecular complexity index is 1070. The number of halogens is 3. The van der Waals surface area contributed by atoms with Gasteiger partial charge in [-0.05, 0) is 68.1 Å². The Kier molecular flexibility index (Phi) is 9.57. The lowest BCUT2D eigenvalue weighted by molar-refractivity contribution is -0.205. The van der Waals surface area contributed by atoms with Crippen molar-refractivity contribution in [3.63, 3.8) is 0 Å². The first-order valence-electron chi connectivity index (χ1n) is 15.2. The van der Waals surface area contributed by atoms with E-state index in [9.17, 15) is 37.8 Å². The lowest BCUT2D eigenvalue weighted by Gasteiger charge is -2.61. The molecule has 4 saturated carbocycles. The fraction of sp³-hybridized carbons (Fsp3) is 0.839. The van der Waals surface area contributed by atoms with Crippen LogP contribution in [-0.4, -0.2) is 69.9 Å². The summed E-state index contributed by atoms with van der Waals surface area (Å²) in [6.07, 6.45) is -0.831. The Labute approximate surface area is 250 Å². The van der Waals surface area contributed by atoms with Crippen molar-refractivity contribution in [1.82, 2.24) is 5.32 Å². The minimum Gasteiger partial charge on any atom is -0.461 e. The number of esters is 1. The minimum atomic E-state index is -4.95. The number of alkyl halides is 3. The van der Waals surface area contributed by atoms with Crippen LogP contribution in [0.1, 0.15) is 79.1 Å². The van der Waals surface area contributed by atoms with Crippen LogP contribution in [0.3, 0.4) is 0 Å². The van der Waals surface area contributed by atoms with Gasteiger partial charge in [0.25, 0.3) is 0 Å². The Balaban J connectivity index is 1.50. The number of nitrogens with one attached hydrogen (secondary N) is 1. The van der Waals surface area contributed by atoms with E-state index in [0.717, 1.165) is 12.8 Å². The Hall–Kier alpha value is -1.59. The highest BCUT2D eigenvalue weighted by molar-refractivity contribution is 8.00. The van der Waals surface area contributed by atoms with Gasteiger partial charge in [-0.1, -0.05) is 33.8 Å². The van der Waals surface area contributed by atoms with E-state index in [1.165, 1.54) is 11.8 Å². The molecule has 0 saturated heterocycles. The van der Waals surface area contributed by atoms with Crippen molar-refractivity contribution in [2.45, 2.75) is 109 Å². The lowest BCUT2D eigenvalue weighted by atomic mass is 9.44. The van der Waals surface area contributed by atoms with Crippen molar-refractivity contribution in [3.8, 4) is 0 Å². The normalized spacial score (nSPS) is 43.7. The molecule has 1 amide bonds. The van der Waals surface area contributed by atoms with Gasteiger partial charge in [-0.15, -0.1) is 18.3 Å². The number of ketones is 1. The molecule has 0 heterocycles. The molecule has 4 aliphatic rings. The smallest absolute Gasteiger partial charge is 0.461 e. The molecular weight excluding hydrogens is 571 g/mol. The predicted molar refractivity (Wildman–Crippen MR) is 153 cm³/mol. The molecule has 0 aromatic rings. The van der Waals surface area contributed by atoms with E-state index in [1.54, 1.807) is 6.08 Å². The zero-order valence-corrected chi connectivity index (χ0v) is 25.9. The van der Waals surface area contributed by atoms with E-state index in [-0.39, 0.29) is 58.8 Å². The van der Waals surface area contributed by atoms with Crippen LogP contribution in [0.25, 0.3) is 0 Å². The number of rotatable bonds is 8. The maximum absolute atomic E-state index is 13.5. The van der Waals surface area contributed by atoms with Gasteiger partial charge in [0.2, 0.25) is 0 Å². The van der Waals surface area contributed by atoms with Gasteiger partial charge in [0.1, 0.15) is 11.9 Å². The molecule has 4 aliphatic carbocycles. The SMILES string of the molecule is C=C[C@]1(C)C[C@@H](OC(=O)CS[C@H]2[C@H](CCNC(=O)C(F)(F)F)CC[C@@H]2O)[C@]2(C)C(C)CCC3(CCC(=O)[C@H]32)[C@@H](C)C1O. The minimum absolute atomic E-state index is 0.0678. The zero-order chi connectivity index (χ0) is 31.3. The van der Waals surface area contributed by atoms with E-state index in [2.05, 4.69) is 27.4 Å². The molecule has 0 spiro atoms. The standard InChI is InChI=1S/C31H46F3NO6S/c1-6-28(4)15-22(29(5)17(2)9-12-30(18(3)26(28)39)13-10-21(37)25(29)30)41-23(38)16-42-24-19(7-8-20(24)36)11-14-35-27(40)31(32,33)34/h6,17-20,22,24-26,36,39H,1,7-16H2,2-5H3,(H,35,40)/t17?,18-,19-,20-,22+,24-,25-,26?,28+,29-,30?/m0/s1. The van der Waals surface area contributed by atoms with Crippen LogP contribution in [0.15, 0.2) is 12.7 Å². The van der Waals surface area contributed by atoms with Crippen molar-refractivity contribution in [1.29, 1.82) is 0 Å². The summed E-state index contributed by atoms with van der Waals surface area (Å²) in [6.45, 7) is 12.0. The zero-order valence-electron chi connectivity index (χ0n) is 25.0. The fourth-order valence-corrected chi connectivity index (χ4v) is 10.2. The Morgan fingerprint density at radius 2 is 1.86 bits per heavy atom. The van der Waals surface area contributed by atoms with Crippen LogP contribution in [0.2, 0.25) is 0 Å². The van der Waals surface area contributed by atoms with Gasteiger partial charge in [-0.3, -0.25) is 14.4 Å². The van der Waals surface area contributed by atoms with Crippen LogP contribution < -0.4 is 5.32 Å². The molecule has 7 nitrogen and oxygen atoms in total. The third-order valence-electron chi connectivity index (χ3n) is 11.7. The summed E-state index contributed by atoms with van der Waals surface area (Å²) >= 11 is 1.22. The van der Waals surface area contributed by atoms with Crippen molar-refractivity contribution in [2.24, 2.45) is 39.9 Å². The summed E-state index contributed by atoms with van der Waals surface area (Å²) in [4.78, 5) is 38.1. The number of thioether (sulfide) groups is 1. The quantitative estimate of drug-likeness (QED) is 0.264. The number of carbonyl (C=O) groups is 3. The van der Waals surface area contributed by atoms with Crippen molar-refractivity contribution < 1.29 is 42.5 Å². The summed E-state index contributed by atoms with van der Waals surface area (Å²) in [5.41, 5.74) is -1.74. The van der Waals surface area contributed by atoms with Gasteiger partial charge in [0.05, 0.1) is 18.0 Å². The van der Waals surface area contributed by atoms with E-state index < -0.39 is 47.2 Å². The molecule has 42 heavy (non-hydrogen) atoms. The number of hydrogen-bond acceptors (Lipinski definition) is 7. The first kappa shape index (κ1) is 33.3. The van der Waals surface area contributed by atoms with Gasteiger partial charge < -0.3 is 20.3 Å². The first-order valence-corrected chi connectivity index (χ1v) is 16.2. The second kappa shape index (κ2) is 12.1. The predicted octanol–water partition coefficient (Wildman–Crippen LogP) is 4.83. The maximum atomic E-state index is 13.5. The third kappa shape index (κ3) is 5.78. The van der Waals surface area contributed by atoms with Crippen LogP contribution in [-0.2, 0) is 19.1 Å². The molecular formula is C31H46F3NO6S. The first-order chi connectivity index (χ1) is 19.5. The van der Waals surface area contributed by atoms with E-state index in [0.29, 0.717) is 32.1 Å². The highest BCUT2D eigenvalue weighted by atomic mass is 32.2. The Morgan fingerprint density at radius 1 is 1.17 bits per heavy atom. The molecule has 238 valence electrons. The van der Waals surface area contributed by atoms with Gasteiger partial charge in [0.15, 0.2) is 0 Å². The van der Waals surface area contributed by atoms with Crippen molar-refractivity contribution in [2.75, 3.05) is 12.3 Å². The van der Waals surface area contributed by atoms with E-state index in [1.807, 2.05) is 12.2 Å². The van der Waals surface area contributed by atoms with Gasteiger partial charge >= 0.3 is 18.1 Å². The summed E-state index contributed by atoms with van der Waals surface area (Å²) in [6, 6.07) is 0. The molecule has 0 aromatic carbocycles. The number of carbonyl (C=O) groups excluding carboxylic acids is 3. The average Bonchev–Trinajstić information content (AvgIpc) is 3.47. The summed E-state index contributed by atoms with van der Waals surface area (Å²) < 4.78 is 43.8. The van der Waals surface area contributed by atoms with Gasteiger partial charge in [-0.25, -0.2) is 0 Å². The van der Waals surface area contributed by atoms with Crippen LogP contribution in [0.4, 0.5) is 13.2 Å². The van der Waals surface area contributed by atoms with Crippen molar-refractivity contribution in [3.05, 3.63) is 12.7 Å². The number of hydrogen-bond donors (Lipinski definition) is 3. The van der Waals surface area contributed by atoms with E-state index >= 15 is 0 Å². The molecule has 11 atom stereocenters. The summed E-state index contributed by atoms with van der Waals surface area (Å²) in [7, 11) is 0. The second-order valence-corrected chi connectivity index (χ2v) is 15.0. The molecule has 0 radical (unpaired) electrons. The van der Waals surface area contributed by atoms with Gasteiger partial charge in [-0.2, -0.15) is 13.2 Å². The summed E-state index contributed by atoms with van der Waals surface area (Å²) in [5, 5.41) is 23.7. The Morgan fingerprint density at radius 3 is 2.50 bits per heavy atom. The lowest BCUT2D eigenvalue weighted by Crippen LogP contribution is -2.63. The number of Topliss-reactive ketones (excluding diaryl/α,β-unsaturated/α-hetero) is 1. The van der Waals surface area contributed by atoms with Crippen LogP contribution >= 0.6 is 11.8 Å². The molecule has 0 aliphatic heterocycles. The number of aliphatic hydroxyl groups excluding tert-OH is 2. The molecule has 3 N–H and O–H groups in total. The highest BCUT2D eigenvalue weighted by Gasteiger charge is 2.68. The third-order valence-corrected chi connectivity index (χ3v) is 13.2. The average molecular weight is 618 g/mol. The number of aliphatic hydroxyl groups is 2. The summed E-state index contributed by atoms with van der Waals surface area (Å²) in [5.74, 6) is -2.89. The molecule has 2 bridgehead atoms. The van der Waals surface area contributed by atoms with Crippen molar-refractivity contribution >= 4 is 29.4 Å². The largest absolute Gasteiger partial charge is 0.471 e. The molecule has 4 fully saturated rings. The number of ether oxygens (including phenoxy) is 1. The van der Waals surface area contributed by atoms with Crippen LogP contribution in [0, 0.1) is 39.9 Å². The molecule has 3 unspecified atom stereocenters. The molecule has 0 aromatic heterocycles. The van der Waals surface area contributed by atoms with Crippen LogP contribution in [0.5, 0.6) is 0 Å². The molecule has 4 rings (SSSR count). The monoisotopic (exact) mass is 617 g/mol. The topological polar surface area (TPSA) is 113 Å². The second-order valence-electron chi connectivity index (χ2n) is 13.8. The van der Waals surface area contributed by atoms with Gasteiger partial charge in [0, 0.05) is 35.0 Å². The number of amides is 1. The highest BCUT2D eigenvalue weighted by Crippen LogP contribution is 2.68. The van der Waals surface area contributed by atoms with E-state index in [4.69, 9.17) is 4.74 Å². The maximum Gasteiger partial charge on any atom is 0.471 e. The molecule has 11 heteroatoms.